The molecule has 31 heavy (non-hydrogen) atoms. The molecule has 4 heterocycles. The van der Waals surface area contributed by atoms with Crippen LogP contribution in [0.3, 0.4) is 0 Å². The number of nitrogens with zero attached hydrogens (tertiary/aromatic N) is 5. The molecular formula is C22H25N7O2. The minimum Gasteiger partial charge on any atom is -0.391 e. The molecule has 3 N–H and O–H groups in total. The number of aromatic nitrogens is 5. The monoisotopic (exact) mass is 419 g/mol. The SMILES string of the molecule is Cn1nc(-c2ccccc2)cc1Nc1cc(N[C@@H]2COCC[C@@H]2O)c2cnn(C)c2n1. The van der Waals surface area contributed by atoms with Gasteiger partial charge in [-0.25, -0.2) is 4.98 Å². The third-order valence-electron chi connectivity index (χ3n) is 5.57. The Morgan fingerprint density at radius 3 is 2.77 bits per heavy atom. The predicted molar refractivity (Wildman–Crippen MR) is 119 cm³/mol. The van der Waals surface area contributed by atoms with Gasteiger partial charge in [-0.15, -0.1) is 0 Å². The van der Waals surface area contributed by atoms with Crippen molar-refractivity contribution in [3.63, 3.8) is 0 Å². The van der Waals surface area contributed by atoms with Gasteiger partial charge in [-0.1, -0.05) is 30.3 Å². The molecule has 1 fully saturated rings. The van der Waals surface area contributed by atoms with E-state index in [2.05, 4.69) is 20.8 Å². The molecule has 2 atom stereocenters. The fraction of sp³-hybridized carbons (Fsp3) is 0.318. The van der Waals surface area contributed by atoms with Crippen LogP contribution in [0.15, 0.2) is 48.7 Å². The van der Waals surface area contributed by atoms with Crippen molar-refractivity contribution >= 4 is 28.4 Å². The van der Waals surface area contributed by atoms with Gasteiger partial charge in [0.2, 0.25) is 0 Å². The van der Waals surface area contributed by atoms with E-state index in [0.29, 0.717) is 25.5 Å². The van der Waals surface area contributed by atoms with E-state index in [1.807, 2.05) is 56.6 Å². The summed E-state index contributed by atoms with van der Waals surface area (Å²) >= 11 is 0. The largest absolute Gasteiger partial charge is 0.391 e. The fourth-order valence-electron chi connectivity index (χ4n) is 3.83. The smallest absolute Gasteiger partial charge is 0.161 e. The standard InChI is InChI=1S/C22H25N7O2/c1-28-21(11-16(27-28)14-6-4-3-5-7-14)25-20-10-17(15-12-23-29(2)22(15)26-20)24-18-13-31-9-8-19(18)30/h3-7,10-12,18-19,30H,8-9,13H2,1-2H3,(H2,24,25,26)/t18-,19+/m1/s1. The van der Waals surface area contributed by atoms with E-state index < -0.39 is 6.10 Å². The minimum absolute atomic E-state index is 0.186. The highest BCUT2D eigenvalue weighted by Crippen LogP contribution is 2.29. The van der Waals surface area contributed by atoms with Crippen molar-refractivity contribution in [3.8, 4) is 11.3 Å². The lowest BCUT2D eigenvalue weighted by Crippen LogP contribution is -2.42. The van der Waals surface area contributed by atoms with Gasteiger partial charge in [-0.2, -0.15) is 10.2 Å². The van der Waals surface area contributed by atoms with Crippen molar-refractivity contribution in [1.29, 1.82) is 0 Å². The lowest BCUT2D eigenvalue weighted by atomic mass is 10.1. The lowest BCUT2D eigenvalue weighted by molar-refractivity contribution is 0.00319. The second kappa shape index (κ2) is 8.01. The molecule has 0 aliphatic carbocycles. The molecular weight excluding hydrogens is 394 g/mol. The molecule has 0 spiro atoms. The first-order chi connectivity index (χ1) is 15.1. The number of nitrogens with one attached hydrogen (secondary N) is 2. The Morgan fingerprint density at radius 1 is 1.13 bits per heavy atom. The van der Waals surface area contributed by atoms with Gasteiger partial charge in [0.05, 0.1) is 41.7 Å². The van der Waals surface area contributed by atoms with Crippen LogP contribution in [-0.2, 0) is 18.8 Å². The van der Waals surface area contributed by atoms with Crippen molar-refractivity contribution in [2.75, 3.05) is 23.8 Å². The van der Waals surface area contributed by atoms with Crippen LogP contribution in [0.1, 0.15) is 6.42 Å². The summed E-state index contributed by atoms with van der Waals surface area (Å²) in [4.78, 5) is 4.74. The summed E-state index contributed by atoms with van der Waals surface area (Å²) in [6, 6.07) is 13.8. The predicted octanol–water partition coefficient (Wildman–Crippen LogP) is 2.67. The maximum Gasteiger partial charge on any atom is 0.161 e. The van der Waals surface area contributed by atoms with Crippen LogP contribution in [0.25, 0.3) is 22.3 Å². The summed E-state index contributed by atoms with van der Waals surface area (Å²) in [5, 5.41) is 27.0. The van der Waals surface area contributed by atoms with E-state index in [0.717, 1.165) is 33.8 Å². The summed E-state index contributed by atoms with van der Waals surface area (Å²) in [6.45, 7) is 1.03. The van der Waals surface area contributed by atoms with E-state index in [4.69, 9.17) is 9.72 Å². The Labute approximate surface area is 179 Å². The quantitative estimate of drug-likeness (QED) is 0.457. The second-order valence-electron chi connectivity index (χ2n) is 7.77. The van der Waals surface area contributed by atoms with Gasteiger partial charge >= 0.3 is 0 Å². The van der Waals surface area contributed by atoms with Crippen LogP contribution in [0.4, 0.5) is 17.3 Å². The number of aliphatic hydroxyl groups excluding tert-OH is 1. The van der Waals surface area contributed by atoms with Gasteiger partial charge < -0.3 is 20.5 Å². The highest BCUT2D eigenvalue weighted by molar-refractivity contribution is 5.91. The van der Waals surface area contributed by atoms with Crippen molar-refractivity contribution in [2.24, 2.45) is 14.1 Å². The van der Waals surface area contributed by atoms with E-state index in [1.165, 1.54) is 0 Å². The number of aryl methyl sites for hydroxylation is 2. The number of aliphatic hydroxyl groups is 1. The van der Waals surface area contributed by atoms with Crippen LogP contribution >= 0.6 is 0 Å². The summed E-state index contributed by atoms with van der Waals surface area (Å²) < 4.78 is 9.07. The van der Waals surface area contributed by atoms with E-state index in [9.17, 15) is 5.11 Å². The van der Waals surface area contributed by atoms with Crippen LogP contribution < -0.4 is 10.6 Å². The molecule has 160 valence electrons. The Morgan fingerprint density at radius 2 is 1.97 bits per heavy atom. The van der Waals surface area contributed by atoms with Gasteiger partial charge in [0, 0.05) is 38.4 Å². The number of rotatable bonds is 5. The van der Waals surface area contributed by atoms with Crippen LogP contribution in [0, 0.1) is 0 Å². The van der Waals surface area contributed by atoms with Gasteiger partial charge in [-0.3, -0.25) is 9.36 Å². The molecule has 0 radical (unpaired) electrons. The van der Waals surface area contributed by atoms with Crippen molar-refractivity contribution in [2.45, 2.75) is 18.6 Å². The first kappa shape index (κ1) is 19.5. The second-order valence-corrected chi connectivity index (χ2v) is 7.77. The first-order valence-corrected chi connectivity index (χ1v) is 10.3. The summed E-state index contributed by atoms with van der Waals surface area (Å²) in [5.74, 6) is 1.48. The summed E-state index contributed by atoms with van der Waals surface area (Å²) in [5.41, 5.74) is 3.52. The van der Waals surface area contributed by atoms with Crippen LogP contribution in [0.2, 0.25) is 0 Å². The summed E-state index contributed by atoms with van der Waals surface area (Å²) in [6.07, 6.45) is 1.93. The highest BCUT2D eigenvalue weighted by atomic mass is 16.5. The fourth-order valence-corrected chi connectivity index (χ4v) is 3.83. The van der Waals surface area contributed by atoms with Gasteiger partial charge in [0.1, 0.15) is 11.6 Å². The van der Waals surface area contributed by atoms with E-state index >= 15 is 0 Å². The summed E-state index contributed by atoms with van der Waals surface area (Å²) in [7, 11) is 3.76. The van der Waals surface area contributed by atoms with Crippen molar-refractivity contribution in [3.05, 3.63) is 48.7 Å². The Hall–Kier alpha value is -3.43. The third kappa shape index (κ3) is 3.85. The average molecular weight is 419 g/mol. The molecule has 4 aromatic rings. The number of hydrogen-bond donors (Lipinski definition) is 3. The zero-order chi connectivity index (χ0) is 21.4. The number of hydrogen-bond acceptors (Lipinski definition) is 7. The van der Waals surface area contributed by atoms with E-state index in [-0.39, 0.29) is 6.04 Å². The molecule has 1 saturated heterocycles. The van der Waals surface area contributed by atoms with Gasteiger partial charge in [-0.05, 0) is 6.42 Å². The molecule has 9 nitrogen and oxygen atoms in total. The Balaban J connectivity index is 1.48. The average Bonchev–Trinajstić information content (AvgIpc) is 3.33. The first-order valence-electron chi connectivity index (χ1n) is 10.3. The third-order valence-corrected chi connectivity index (χ3v) is 5.57. The number of ether oxygens (including phenoxy) is 1. The lowest BCUT2D eigenvalue weighted by Gasteiger charge is -2.29. The molecule has 0 saturated carbocycles. The highest BCUT2D eigenvalue weighted by Gasteiger charge is 2.25. The zero-order valence-corrected chi connectivity index (χ0v) is 17.5. The van der Waals surface area contributed by atoms with Crippen molar-refractivity contribution < 1.29 is 9.84 Å². The Kier molecular flexibility index (Phi) is 5.05. The van der Waals surface area contributed by atoms with E-state index in [1.54, 1.807) is 15.6 Å². The molecule has 0 bridgehead atoms. The normalized spacial score (nSPS) is 18.9. The van der Waals surface area contributed by atoms with Gasteiger partial charge in [0.15, 0.2) is 5.65 Å². The minimum atomic E-state index is -0.462. The molecule has 9 heteroatoms. The topological polar surface area (TPSA) is 102 Å². The zero-order valence-electron chi connectivity index (χ0n) is 17.5. The molecule has 1 aliphatic rings. The van der Waals surface area contributed by atoms with Crippen LogP contribution in [0.5, 0.6) is 0 Å². The molecule has 1 aromatic carbocycles. The Bertz CT molecular complexity index is 1200. The van der Waals surface area contributed by atoms with Gasteiger partial charge in [0.25, 0.3) is 0 Å². The van der Waals surface area contributed by atoms with Crippen molar-refractivity contribution in [1.82, 2.24) is 24.5 Å². The number of benzene rings is 1. The molecule has 1 aliphatic heterocycles. The molecule has 3 aromatic heterocycles. The molecule has 0 unspecified atom stereocenters. The number of fused-ring (bicyclic) bond motifs is 1. The molecule has 5 rings (SSSR count). The number of anilines is 3. The van der Waals surface area contributed by atoms with Crippen LogP contribution in [-0.4, -0.2) is 55.0 Å². The molecule has 0 amide bonds. The maximum atomic E-state index is 10.4. The maximum absolute atomic E-state index is 10.4. The number of pyridine rings is 1.